The van der Waals surface area contributed by atoms with Crippen molar-refractivity contribution in [3.8, 4) is 23.6 Å². The highest BCUT2D eigenvalue weighted by Crippen LogP contribution is 2.25. The Kier molecular flexibility index (Phi) is 6.45. The standard InChI is InChI=1S/C25H18N2O4/c1-16-6-7-17(2)23(10-16)24(28)15-30-25(29)18-4-3-5-21(11-18)31-22-9-8-19(13-26)20(12-22)14-27/h3-12H,15H2,1-2H3. The minimum absolute atomic E-state index is 0.195. The Balaban J connectivity index is 1.69. The summed E-state index contributed by atoms with van der Waals surface area (Å²) in [5.74, 6) is -0.222. The van der Waals surface area contributed by atoms with Crippen LogP contribution in [0.2, 0.25) is 0 Å². The van der Waals surface area contributed by atoms with E-state index in [1.807, 2.05) is 38.1 Å². The second kappa shape index (κ2) is 9.39. The van der Waals surface area contributed by atoms with E-state index in [2.05, 4.69) is 0 Å². The summed E-state index contributed by atoms with van der Waals surface area (Å²) in [6.07, 6.45) is 0. The Morgan fingerprint density at radius 2 is 1.61 bits per heavy atom. The summed E-state index contributed by atoms with van der Waals surface area (Å²) in [5, 5.41) is 18.1. The molecule has 0 spiro atoms. The summed E-state index contributed by atoms with van der Waals surface area (Å²) in [6.45, 7) is 3.35. The fraction of sp³-hybridized carbons (Fsp3) is 0.120. The Morgan fingerprint density at radius 3 is 2.35 bits per heavy atom. The number of nitrogens with zero attached hydrogens (tertiary/aromatic N) is 2. The largest absolute Gasteiger partial charge is 0.457 e. The molecule has 0 N–H and O–H groups in total. The minimum Gasteiger partial charge on any atom is -0.457 e. The summed E-state index contributed by atoms with van der Waals surface area (Å²) >= 11 is 0. The van der Waals surface area contributed by atoms with E-state index in [1.54, 1.807) is 30.3 Å². The second-order valence-electron chi connectivity index (χ2n) is 6.88. The highest BCUT2D eigenvalue weighted by molar-refractivity contribution is 6.00. The number of rotatable bonds is 6. The molecule has 0 aliphatic carbocycles. The van der Waals surface area contributed by atoms with Crippen molar-refractivity contribution in [3.63, 3.8) is 0 Å². The van der Waals surface area contributed by atoms with Gasteiger partial charge in [-0.15, -0.1) is 0 Å². The van der Waals surface area contributed by atoms with Crippen LogP contribution < -0.4 is 4.74 Å². The SMILES string of the molecule is Cc1ccc(C)c(C(=O)COC(=O)c2cccc(Oc3ccc(C#N)c(C#N)c3)c2)c1. The lowest BCUT2D eigenvalue weighted by Gasteiger charge is -2.09. The van der Waals surface area contributed by atoms with Crippen molar-refractivity contribution in [2.24, 2.45) is 0 Å². The van der Waals surface area contributed by atoms with Crippen molar-refractivity contribution in [2.75, 3.05) is 6.61 Å². The van der Waals surface area contributed by atoms with Gasteiger partial charge in [-0.2, -0.15) is 10.5 Å². The first-order chi connectivity index (χ1) is 14.9. The number of carbonyl (C=O) groups is 2. The summed E-state index contributed by atoms with van der Waals surface area (Å²) in [7, 11) is 0. The quantitative estimate of drug-likeness (QED) is 0.424. The van der Waals surface area contributed by atoms with Crippen LogP contribution in [-0.2, 0) is 4.74 Å². The van der Waals surface area contributed by atoms with E-state index in [4.69, 9.17) is 20.0 Å². The summed E-state index contributed by atoms with van der Waals surface area (Å²) in [6, 6.07) is 20.2. The molecule has 0 atom stereocenters. The first kappa shape index (κ1) is 21.3. The molecule has 0 saturated carbocycles. The molecule has 0 heterocycles. The molecule has 0 aliphatic heterocycles. The third kappa shape index (κ3) is 5.14. The van der Waals surface area contributed by atoms with Gasteiger partial charge in [-0.05, 0) is 61.9 Å². The maximum absolute atomic E-state index is 12.4. The number of aryl methyl sites for hydroxylation is 2. The fourth-order valence-electron chi connectivity index (χ4n) is 2.93. The van der Waals surface area contributed by atoms with Crippen LogP contribution in [0.4, 0.5) is 0 Å². The molecular weight excluding hydrogens is 392 g/mol. The molecule has 152 valence electrons. The number of benzene rings is 3. The molecule has 0 bridgehead atoms. The van der Waals surface area contributed by atoms with Gasteiger partial charge >= 0.3 is 5.97 Å². The predicted molar refractivity (Wildman–Crippen MR) is 113 cm³/mol. The molecular formula is C25H18N2O4. The number of esters is 1. The van der Waals surface area contributed by atoms with Crippen molar-refractivity contribution < 1.29 is 19.1 Å². The van der Waals surface area contributed by atoms with Crippen LogP contribution in [0.3, 0.4) is 0 Å². The predicted octanol–water partition coefficient (Wildman–Crippen LogP) is 4.88. The van der Waals surface area contributed by atoms with Gasteiger partial charge in [-0.3, -0.25) is 4.79 Å². The zero-order valence-electron chi connectivity index (χ0n) is 17.0. The number of carbonyl (C=O) groups excluding carboxylic acids is 2. The van der Waals surface area contributed by atoms with Gasteiger partial charge in [0.1, 0.15) is 23.6 Å². The van der Waals surface area contributed by atoms with E-state index in [0.29, 0.717) is 17.1 Å². The van der Waals surface area contributed by atoms with E-state index >= 15 is 0 Å². The molecule has 3 rings (SSSR count). The Morgan fingerprint density at radius 1 is 0.871 bits per heavy atom. The Bertz CT molecular complexity index is 1250. The number of ether oxygens (including phenoxy) is 2. The molecule has 6 heteroatoms. The average Bonchev–Trinajstić information content (AvgIpc) is 2.78. The molecule has 6 nitrogen and oxygen atoms in total. The van der Waals surface area contributed by atoms with Crippen LogP contribution in [0.15, 0.2) is 60.7 Å². The summed E-state index contributed by atoms with van der Waals surface area (Å²) < 4.78 is 10.9. The van der Waals surface area contributed by atoms with E-state index in [0.717, 1.165) is 11.1 Å². The Hall–Kier alpha value is -4.42. The van der Waals surface area contributed by atoms with Gasteiger partial charge in [0.2, 0.25) is 5.78 Å². The minimum atomic E-state index is -0.651. The lowest BCUT2D eigenvalue weighted by atomic mass is 10.0. The van der Waals surface area contributed by atoms with Gasteiger partial charge in [-0.1, -0.05) is 23.8 Å². The number of hydrogen-bond acceptors (Lipinski definition) is 6. The highest BCUT2D eigenvalue weighted by atomic mass is 16.5. The number of ketones is 1. The third-order valence-corrected chi connectivity index (χ3v) is 4.57. The number of nitriles is 2. The van der Waals surface area contributed by atoms with Gasteiger partial charge in [0.05, 0.1) is 16.7 Å². The molecule has 0 amide bonds. The lowest BCUT2D eigenvalue weighted by molar-refractivity contribution is 0.0474. The normalized spacial score (nSPS) is 9.94. The van der Waals surface area contributed by atoms with E-state index in [1.165, 1.54) is 18.2 Å². The Labute approximate surface area is 179 Å². The van der Waals surface area contributed by atoms with Crippen LogP contribution in [0, 0.1) is 36.5 Å². The van der Waals surface area contributed by atoms with Crippen molar-refractivity contribution in [1.29, 1.82) is 10.5 Å². The first-order valence-corrected chi connectivity index (χ1v) is 9.41. The molecule has 0 aromatic heterocycles. The van der Waals surface area contributed by atoms with Crippen molar-refractivity contribution in [2.45, 2.75) is 13.8 Å². The maximum Gasteiger partial charge on any atom is 0.338 e. The smallest absolute Gasteiger partial charge is 0.338 e. The van der Waals surface area contributed by atoms with Crippen LogP contribution in [0.1, 0.15) is 43.0 Å². The molecule has 0 fully saturated rings. The fourth-order valence-corrected chi connectivity index (χ4v) is 2.93. The van der Waals surface area contributed by atoms with Crippen LogP contribution >= 0.6 is 0 Å². The van der Waals surface area contributed by atoms with Crippen LogP contribution in [0.25, 0.3) is 0 Å². The van der Waals surface area contributed by atoms with Crippen molar-refractivity contribution >= 4 is 11.8 Å². The van der Waals surface area contributed by atoms with Crippen LogP contribution in [0.5, 0.6) is 11.5 Å². The monoisotopic (exact) mass is 410 g/mol. The zero-order valence-corrected chi connectivity index (χ0v) is 17.0. The first-order valence-electron chi connectivity index (χ1n) is 9.41. The van der Waals surface area contributed by atoms with Gasteiger partial charge in [0.25, 0.3) is 0 Å². The van der Waals surface area contributed by atoms with E-state index < -0.39 is 5.97 Å². The topological polar surface area (TPSA) is 100 Å². The summed E-state index contributed by atoms with van der Waals surface area (Å²) in [4.78, 5) is 24.8. The zero-order chi connectivity index (χ0) is 22.4. The van der Waals surface area contributed by atoms with Gasteiger partial charge in [-0.25, -0.2) is 4.79 Å². The third-order valence-electron chi connectivity index (χ3n) is 4.57. The molecule has 3 aromatic carbocycles. The van der Waals surface area contributed by atoms with Crippen molar-refractivity contribution in [1.82, 2.24) is 0 Å². The molecule has 0 unspecified atom stereocenters. The molecule has 31 heavy (non-hydrogen) atoms. The molecule has 3 aromatic rings. The number of hydrogen-bond donors (Lipinski definition) is 0. The second-order valence-corrected chi connectivity index (χ2v) is 6.88. The lowest BCUT2D eigenvalue weighted by Crippen LogP contribution is -2.15. The average molecular weight is 410 g/mol. The van der Waals surface area contributed by atoms with Gasteiger partial charge < -0.3 is 9.47 Å². The molecule has 0 radical (unpaired) electrons. The van der Waals surface area contributed by atoms with Gasteiger partial charge in [0.15, 0.2) is 6.61 Å². The summed E-state index contributed by atoms with van der Waals surface area (Å²) in [5.41, 5.74) is 2.97. The molecule has 0 aliphatic rings. The van der Waals surface area contributed by atoms with E-state index in [-0.39, 0.29) is 29.1 Å². The van der Waals surface area contributed by atoms with E-state index in [9.17, 15) is 9.59 Å². The van der Waals surface area contributed by atoms with Crippen molar-refractivity contribution in [3.05, 3.63) is 94.0 Å². The molecule has 0 saturated heterocycles. The maximum atomic E-state index is 12.4. The van der Waals surface area contributed by atoms with Gasteiger partial charge in [0, 0.05) is 5.56 Å². The number of Topliss-reactive ketones (excluding diaryl/α,β-unsaturated/α-hetero) is 1. The highest BCUT2D eigenvalue weighted by Gasteiger charge is 2.15. The van der Waals surface area contributed by atoms with Crippen LogP contribution in [-0.4, -0.2) is 18.4 Å².